The maximum atomic E-state index is 13.1. The van der Waals surface area contributed by atoms with Crippen LogP contribution in [0.1, 0.15) is 11.3 Å². The molecule has 0 saturated heterocycles. The third kappa shape index (κ3) is 2.17. The standard InChI is InChI=1S/C14H10FN5/c15-11-1-2-13(10(7-11)8-16)18-9-12-3-5-17-14-4-6-19-20(12)14/h1-7,18H,9H2. The van der Waals surface area contributed by atoms with Crippen LogP contribution in [0.15, 0.2) is 42.7 Å². The Balaban J connectivity index is 1.87. The molecule has 1 aromatic carbocycles. The van der Waals surface area contributed by atoms with E-state index in [2.05, 4.69) is 15.4 Å². The quantitative estimate of drug-likeness (QED) is 0.791. The average Bonchev–Trinajstić information content (AvgIpc) is 2.94. The van der Waals surface area contributed by atoms with E-state index in [1.54, 1.807) is 23.0 Å². The first-order chi connectivity index (χ1) is 9.78. The fourth-order valence-corrected chi connectivity index (χ4v) is 1.97. The van der Waals surface area contributed by atoms with Crippen molar-refractivity contribution in [2.75, 3.05) is 5.32 Å². The Bertz CT molecular complexity index is 803. The van der Waals surface area contributed by atoms with E-state index in [1.165, 1.54) is 12.1 Å². The summed E-state index contributed by atoms with van der Waals surface area (Å²) in [5, 5.41) is 16.3. The highest BCUT2D eigenvalue weighted by Crippen LogP contribution is 2.17. The highest BCUT2D eigenvalue weighted by Gasteiger charge is 2.05. The van der Waals surface area contributed by atoms with Gasteiger partial charge >= 0.3 is 0 Å². The Morgan fingerprint density at radius 1 is 1.25 bits per heavy atom. The van der Waals surface area contributed by atoms with Crippen LogP contribution in [-0.2, 0) is 6.54 Å². The van der Waals surface area contributed by atoms with Crippen LogP contribution in [0.3, 0.4) is 0 Å². The van der Waals surface area contributed by atoms with Crippen LogP contribution in [0.5, 0.6) is 0 Å². The molecule has 1 N–H and O–H groups in total. The second-order valence-electron chi connectivity index (χ2n) is 4.19. The number of hydrogen-bond donors (Lipinski definition) is 1. The van der Waals surface area contributed by atoms with Gasteiger partial charge in [-0.1, -0.05) is 0 Å². The predicted molar refractivity (Wildman–Crippen MR) is 71.4 cm³/mol. The van der Waals surface area contributed by atoms with Gasteiger partial charge in [0.15, 0.2) is 5.65 Å². The van der Waals surface area contributed by atoms with Crippen molar-refractivity contribution < 1.29 is 4.39 Å². The molecular formula is C14H10FN5. The number of nitriles is 1. The van der Waals surface area contributed by atoms with E-state index in [-0.39, 0.29) is 5.56 Å². The van der Waals surface area contributed by atoms with Crippen molar-refractivity contribution in [3.8, 4) is 6.07 Å². The van der Waals surface area contributed by atoms with Crippen molar-refractivity contribution >= 4 is 11.3 Å². The molecule has 2 aromatic heterocycles. The molecule has 98 valence electrons. The number of nitrogens with zero attached hydrogens (tertiary/aromatic N) is 4. The monoisotopic (exact) mass is 267 g/mol. The van der Waals surface area contributed by atoms with Gasteiger partial charge in [0.25, 0.3) is 0 Å². The van der Waals surface area contributed by atoms with E-state index in [4.69, 9.17) is 5.26 Å². The van der Waals surface area contributed by atoms with E-state index >= 15 is 0 Å². The molecule has 0 bridgehead atoms. The lowest BCUT2D eigenvalue weighted by Gasteiger charge is -2.09. The van der Waals surface area contributed by atoms with Crippen molar-refractivity contribution in [1.29, 1.82) is 5.26 Å². The normalized spacial score (nSPS) is 10.4. The van der Waals surface area contributed by atoms with Gasteiger partial charge in [-0.2, -0.15) is 10.4 Å². The van der Waals surface area contributed by atoms with Crippen LogP contribution in [0.2, 0.25) is 0 Å². The number of nitrogens with one attached hydrogen (secondary N) is 1. The topological polar surface area (TPSA) is 66.0 Å². The summed E-state index contributed by atoms with van der Waals surface area (Å²) in [6, 6.07) is 9.69. The zero-order chi connectivity index (χ0) is 13.9. The molecule has 0 amide bonds. The molecule has 5 nitrogen and oxygen atoms in total. The van der Waals surface area contributed by atoms with Crippen molar-refractivity contribution in [3.63, 3.8) is 0 Å². The first-order valence-corrected chi connectivity index (χ1v) is 5.99. The summed E-state index contributed by atoms with van der Waals surface area (Å²) >= 11 is 0. The van der Waals surface area contributed by atoms with Crippen LogP contribution >= 0.6 is 0 Å². The van der Waals surface area contributed by atoms with Gasteiger partial charge in [0.1, 0.15) is 11.9 Å². The summed E-state index contributed by atoms with van der Waals surface area (Å²) in [5.74, 6) is -0.425. The van der Waals surface area contributed by atoms with Crippen molar-refractivity contribution in [2.24, 2.45) is 0 Å². The minimum atomic E-state index is -0.425. The number of hydrogen-bond acceptors (Lipinski definition) is 4. The lowest BCUT2D eigenvalue weighted by Crippen LogP contribution is -2.07. The summed E-state index contributed by atoms with van der Waals surface area (Å²) in [6.07, 6.45) is 3.37. The van der Waals surface area contributed by atoms with E-state index in [0.717, 1.165) is 11.3 Å². The Morgan fingerprint density at radius 3 is 3.00 bits per heavy atom. The van der Waals surface area contributed by atoms with Gasteiger partial charge in [-0.15, -0.1) is 0 Å². The molecule has 0 atom stereocenters. The minimum absolute atomic E-state index is 0.274. The molecule has 20 heavy (non-hydrogen) atoms. The Morgan fingerprint density at radius 2 is 2.15 bits per heavy atom. The number of halogens is 1. The molecule has 3 aromatic rings. The smallest absolute Gasteiger partial charge is 0.155 e. The van der Waals surface area contributed by atoms with Gasteiger partial charge in [0.05, 0.1) is 29.7 Å². The SMILES string of the molecule is N#Cc1cc(F)ccc1NCc1ccnc2ccnn12. The lowest BCUT2D eigenvalue weighted by molar-refractivity contribution is 0.627. The summed E-state index contributed by atoms with van der Waals surface area (Å²) in [6.45, 7) is 0.459. The molecule has 0 aliphatic rings. The molecule has 0 spiro atoms. The molecule has 6 heteroatoms. The van der Waals surface area contributed by atoms with Crippen LogP contribution in [-0.4, -0.2) is 14.6 Å². The molecule has 0 radical (unpaired) electrons. The maximum absolute atomic E-state index is 13.1. The van der Waals surface area contributed by atoms with E-state index in [9.17, 15) is 4.39 Å². The van der Waals surface area contributed by atoms with Crippen LogP contribution in [0.4, 0.5) is 10.1 Å². The highest BCUT2D eigenvalue weighted by molar-refractivity contribution is 5.57. The van der Waals surface area contributed by atoms with Gasteiger partial charge in [0, 0.05) is 12.3 Å². The largest absolute Gasteiger partial charge is 0.378 e. The van der Waals surface area contributed by atoms with Gasteiger partial charge in [0.2, 0.25) is 0 Å². The predicted octanol–water partition coefficient (Wildman–Crippen LogP) is 2.35. The molecule has 2 heterocycles. The number of anilines is 1. The first kappa shape index (κ1) is 12.1. The Hall–Kier alpha value is -2.94. The van der Waals surface area contributed by atoms with Gasteiger partial charge in [-0.25, -0.2) is 13.9 Å². The molecular weight excluding hydrogens is 257 g/mol. The van der Waals surface area contributed by atoms with E-state index in [1.807, 2.05) is 18.2 Å². The maximum Gasteiger partial charge on any atom is 0.155 e. The zero-order valence-corrected chi connectivity index (χ0v) is 10.4. The second-order valence-corrected chi connectivity index (χ2v) is 4.19. The number of aromatic nitrogens is 3. The summed E-state index contributed by atoms with van der Waals surface area (Å²) in [4.78, 5) is 4.17. The molecule has 0 saturated carbocycles. The van der Waals surface area contributed by atoms with Crippen LogP contribution in [0, 0.1) is 17.1 Å². The molecule has 0 aliphatic carbocycles. The van der Waals surface area contributed by atoms with Crippen LogP contribution < -0.4 is 5.32 Å². The van der Waals surface area contributed by atoms with Crippen molar-refractivity contribution in [2.45, 2.75) is 6.54 Å². The number of fused-ring (bicyclic) bond motifs is 1. The summed E-state index contributed by atoms with van der Waals surface area (Å²) < 4.78 is 14.8. The van der Waals surface area contributed by atoms with Gasteiger partial charge < -0.3 is 5.32 Å². The Labute approximate surface area is 114 Å². The fraction of sp³-hybridized carbons (Fsp3) is 0.0714. The van der Waals surface area contributed by atoms with Crippen molar-refractivity contribution in [3.05, 3.63) is 59.8 Å². The second kappa shape index (κ2) is 4.97. The number of rotatable bonds is 3. The first-order valence-electron chi connectivity index (χ1n) is 5.99. The third-order valence-electron chi connectivity index (χ3n) is 2.93. The average molecular weight is 267 g/mol. The number of benzene rings is 1. The molecule has 0 aliphatic heterocycles. The van der Waals surface area contributed by atoms with E-state index < -0.39 is 5.82 Å². The molecule has 3 rings (SSSR count). The van der Waals surface area contributed by atoms with Gasteiger partial charge in [-0.05, 0) is 24.3 Å². The molecule has 0 unspecified atom stereocenters. The van der Waals surface area contributed by atoms with Crippen molar-refractivity contribution in [1.82, 2.24) is 14.6 Å². The molecule has 0 fully saturated rings. The summed E-state index contributed by atoms with van der Waals surface area (Å²) in [5.41, 5.74) is 2.51. The zero-order valence-electron chi connectivity index (χ0n) is 10.4. The summed E-state index contributed by atoms with van der Waals surface area (Å²) in [7, 11) is 0. The Kier molecular flexibility index (Phi) is 3.01. The van der Waals surface area contributed by atoms with E-state index in [0.29, 0.717) is 12.2 Å². The third-order valence-corrected chi connectivity index (χ3v) is 2.93. The highest BCUT2D eigenvalue weighted by atomic mass is 19.1. The minimum Gasteiger partial charge on any atom is -0.378 e. The lowest BCUT2D eigenvalue weighted by atomic mass is 10.2. The van der Waals surface area contributed by atoms with Crippen LogP contribution in [0.25, 0.3) is 5.65 Å². The fourth-order valence-electron chi connectivity index (χ4n) is 1.97. The van der Waals surface area contributed by atoms with Gasteiger partial charge in [-0.3, -0.25) is 0 Å².